The van der Waals surface area contributed by atoms with Crippen LogP contribution in [0.25, 0.3) is 0 Å². The molecule has 2 rings (SSSR count). The van der Waals surface area contributed by atoms with Crippen LogP contribution in [0.5, 0.6) is 5.75 Å². The van der Waals surface area contributed by atoms with E-state index >= 15 is 0 Å². The standard InChI is InChI=1S/C16H22N2OS2/c1-11-14(21-15(17)18-11)20-10-9-19-13-7-5-12(6-8-13)16(2,3)4/h5-8H,9-10H2,1-4H3,(H2,17,18). The summed E-state index contributed by atoms with van der Waals surface area (Å²) in [5.74, 6) is 1.81. The smallest absolute Gasteiger partial charge is 0.181 e. The monoisotopic (exact) mass is 322 g/mol. The number of hydrogen-bond acceptors (Lipinski definition) is 5. The molecule has 3 nitrogen and oxygen atoms in total. The molecular formula is C16H22N2OS2. The van der Waals surface area contributed by atoms with E-state index in [0.717, 1.165) is 17.2 Å². The summed E-state index contributed by atoms with van der Waals surface area (Å²) in [6.45, 7) is 9.30. The topological polar surface area (TPSA) is 48.1 Å². The molecule has 0 bridgehead atoms. The lowest BCUT2D eigenvalue weighted by Gasteiger charge is -2.19. The van der Waals surface area contributed by atoms with E-state index < -0.39 is 0 Å². The summed E-state index contributed by atoms with van der Waals surface area (Å²) in [6, 6.07) is 8.36. The van der Waals surface area contributed by atoms with E-state index in [1.165, 1.54) is 21.1 Å². The van der Waals surface area contributed by atoms with Gasteiger partial charge in [0.05, 0.1) is 16.5 Å². The van der Waals surface area contributed by atoms with Gasteiger partial charge in [-0.05, 0) is 30.0 Å². The van der Waals surface area contributed by atoms with Crippen molar-refractivity contribution in [3.63, 3.8) is 0 Å². The van der Waals surface area contributed by atoms with Crippen LogP contribution in [0.3, 0.4) is 0 Å². The number of aromatic nitrogens is 1. The van der Waals surface area contributed by atoms with Crippen molar-refractivity contribution in [2.75, 3.05) is 18.1 Å². The number of thioether (sulfide) groups is 1. The van der Waals surface area contributed by atoms with E-state index in [9.17, 15) is 0 Å². The molecule has 2 N–H and O–H groups in total. The van der Waals surface area contributed by atoms with Gasteiger partial charge in [0.15, 0.2) is 5.13 Å². The highest BCUT2D eigenvalue weighted by Crippen LogP contribution is 2.30. The van der Waals surface area contributed by atoms with E-state index in [1.807, 2.05) is 19.1 Å². The molecule has 0 unspecified atom stereocenters. The number of thiazole rings is 1. The fourth-order valence-electron chi connectivity index (χ4n) is 1.88. The van der Waals surface area contributed by atoms with Gasteiger partial charge in [0.25, 0.3) is 0 Å². The second kappa shape index (κ2) is 6.71. The van der Waals surface area contributed by atoms with Crippen LogP contribution in [0.4, 0.5) is 5.13 Å². The number of anilines is 1. The molecule has 0 spiro atoms. The first-order valence-corrected chi connectivity index (χ1v) is 8.75. The Morgan fingerprint density at radius 1 is 1.24 bits per heavy atom. The highest BCUT2D eigenvalue weighted by molar-refractivity contribution is 8.01. The molecule has 21 heavy (non-hydrogen) atoms. The van der Waals surface area contributed by atoms with Gasteiger partial charge in [0.1, 0.15) is 5.75 Å². The van der Waals surface area contributed by atoms with Gasteiger partial charge >= 0.3 is 0 Å². The maximum absolute atomic E-state index is 5.77. The summed E-state index contributed by atoms with van der Waals surface area (Å²) in [7, 11) is 0. The Bertz CT molecular complexity index is 585. The van der Waals surface area contributed by atoms with Crippen molar-refractivity contribution in [3.8, 4) is 5.75 Å². The summed E-state index contributed by atoms with van der Waals surface area (Å²) in [4.78, 5) is 4.22. The Morgan fingerprint density at radius 2 is 1.90 bits per heavy atom. The third kappa shape index (κ3) is 4.64. The minimum atomic E-state index is 0.179. The van der Waals surface area contributed by atoms with Crippen molar-refractivity contribution < 1.29 is 4.74 Å². The number of nitrogen functional groups attached to an aromatic ring is 1. The summed E-state index contributed by atoms with van der Waals surface area (Å²) in [5.41, 5.74) is 8.20. The van der Waals surface area contributed by atoms with Crippen molar-refractivity contribution in [2.45, 2.75) is 37.3 Å². The predicted molar refractivity (Wildman–Crippen MR) is 92.6 cm³/mol. The number of benzene rings is 1. The zero-order valence-corrected chi connectivity index (χ0v) is 14.6. The van der Waals surface area contributed by atoms with Crippen molar-refractivity contribution in [2.24, 2.45) is 0 Å². The number of hydrogen-bond donors (Lipinski definition) is 1. The lowest BCUT2D eigenvalue weighted by atomic mass is 9.87. The van der Waals surface area contributed by atoms with Crippen molar-refractivity contribution >= 4 is 28.2 Å². The van der Waals surface area contributed by atoms with Gasteiger partial charge in [-0.15, -0.1) is 11.8 Å². The van der Waals surface area contributed by atoms with Crippen LogP contribution in [0.2, 0.25) is 0 Å². The Hall–Kier alpha value is -1.20. The molecule has 0 aliphatic heterocycles. The highest BCUT2D eigenvalue weighted by Gasteiger charge is 2.13. The largest absolute Gasteiger partial charge is 0.493 e. The van der Waals surface area contributed by atoms with Crippen LogP contribution in [0, 0.1) is 6.92 Å². The van der Waals surface area contributed by atoms with E-state index in [1.54, 1.807) is 11.8 Å². The highest BCUT2D eigenvalue weighted by atomic mass is 32.2. The third-order valence-corrected chi connectivity index (χ3v) is 5.39. The van der Waals surface area contributed by atoms with Crippen LogP contribution in [-0.2, 0) is 5.41 Å². The Kier molecular flexibility index (Phi) is 5.17. The molecule has 0 fully saturated rings. The maximum Gasteiger partial charge on any atom is 0.181 e. The normalized spacial score (nSPS) is 11.6. The number of nitrogens with zero attached hydrogens (tertiary/aromatic N) is 1. The zero-order valence-electron chi connectivity index (χ0n) is 13.0. The molecule has 1 aromatic heterocycles. The van der Waals surface area contributed by atoms with E-state index in [-0.39, 0.29) is 5.41 Å². The van der Waals surface area contributed by atoms with E-state index in [0.29, 0.717) is 11.7 Å². The SMILES string of the molecule is Cc1nc(N)sc1SCCOc1ccc(C(C)(C)C)cc1. The molecule has 0 amide bonds. The average Bonchev–Trinajstić information content (AvgIpc) is 2.73. The summed E-state index contributed by atoms with van der Waals surface area (Å²) >= 11 is 3.28. The van der Waals surface area contributed by atoms with Crippen LogP contribution < -0.4 is 10.5 Å². The third-order valence-electron chi connectivity index (χ3n) is 3.08. The first-order chi connectivity index (χ1) is 9.86. The van der Waals surface area contributed by atoms with Crippen LogP contribution in [-0.4, -0.2) is 17.3 Å². The second-order valence-corrected chi connectivity index (χ2v) is 8.29. The van der Waals surface area contributed by atoms with Crippen molar-refractivity contribution in [3.05, 3.63) is 35.5 Å². The van der Waals surface area contributed by atoms with Crippen molar-refractivity contribution in [1.29, 1.82) is 0 Å². The fraction of sp³-hybridized carbons (Fsp3) is 0.438. The van der Waals surface area contributed by atoms with Gasteiger partial charge < -0.3 is 10.5 Å². The van der Waals surface area contributed by atoms with Crippen LogP contribution in [0.1, 0.15) is 32.0 Å². The number of rotatable bonds is 5. The van der Waals surface area contributed by atoms with Gasteiger partial charge in [-0.2, -0.15) is 0 Å². The lowest BCUT2D eigenvalue weighted by Crippen LogP contribution is -2.10. The Labute approximate surface area is 134 Å². The molecule has 0 radical (unpaired) electrons. The minimum Gasteiger partial charge on any atom is -0.493 e. The Balaban J connectivity index is 1.80. The van der Waals surface area contributed by atoms with Crippen LogP contribution in [0.15, 0.2) is 28.5 Å². The molecule has 0 aliphatic carbocycles. The predicted octanol–water partition coefficient (Wildman–Crippen LogP) is 4.50. The van der Waals surface area contributed by atoms with Gasteiger partial charge in [-0.25, -0.2) is 4.98 Å². The number of aryl methyl sites for hydroxylation is 1. The van der Waals surface area contributed by atoms with Gasteiger partial charge in [-0.3, -0.25) is 0 Å². The fourth-order valence-corrected chi connectivity index (χ4v) is 3.80. The summed E-state index contributed by atoms with van der Waals surface area (Å²) in [6.07, 6.45) is 0. The molecule has 0 atom stereocenters. The second-order valence-electron chi connectivity index (χ2n) is 5.90. The van der Waals surface area contributed by atoms with Crippen molar-refractivity contribution in [1.82, 2.24) is 4.98 Å². The first kappa shape index (κ1) is 16.2. The average molecular weight is 322 g/mol. The molecule has 1 aromatic carbocycles. The molecule has 2 aromatic rings. The summed E-state index contributed by atoms with van der Waals surface area (Å²) in [5, 5.41) is 0.633. The quantitative estimate of drug-likeness (QED) is 0.650. The van der Waals surface area contributed by atoms with Gasteiger partial charge in [0, 0.05) is 5.75 Å². The molecule has 5 heteroatoms. The Morgan fingerprint density at radius 3 is 2.43 bits per heavy atom. The van der Waals surface area contributed by atoms with E-state index in [4.69, 9.17) is 10.5 Å². The van der Waals surface area contributed by atoms with Gasteiger partial charge in [0.2, 0.25) is 0 Å². The first-order valence-electron chi connectivity index (χ1n) is 6.95. The van der Waals surface area contributed by atoms with Crippen LogP contribution >= 0.6 is 23.1 Å². The molecule has 0 saturated heterocycles. The van der Waals surface area contributed by atoms with Gasteiger partial charge in [-0.1, -0.05) is 44.2 Å². The number of ether oxygens (including phenoxy) is 1. The molecule has 1 heterocycles. The summed E-state index contributed by atoms with van der Waals surface area (Å²) < 4.78 is 6.95. The molecule has 0 aliphatic rings. The minimum absolute atomic E-state index is 0.179. The molecule has 114 valence electrons. The number of nitrogens with two attached hydrogens (primary N) is 1. The molecule has 0 saturated carbocycles. The maximum atomic E-state index is 5.77. The zero-order chi connectivity index (χ0) is 15.5. The van der Waals surface area contributed by atoms with E-state index in [2.05, 4.69) is 37.9 Å². The molecular weight excluding hydrogens is 300 g/mol. The lowest BCUT2D eigenvalue weighted by molar-refractivity contribution is 0.343.